The van der Waals surface area contributed by atoms with Gasteiger partial charge in [0.05, 0.1) is 5.92 Å². The Morgan fingerprint density at radius 1 is 1.12 bits per heavy atom. The maximum absolute atomic E-state index is 13.2. The molecule has 0 saturated heterocycles. The van der Waals surface area contributed by atoms with Crippen LogP contribution < -0.4 is 10.2 Å². The molecular weight excluding hydrogens is 480 g/mol. The van der Waals surface area contributed by atoms with Crippen LogP contribution in [0.25, 0.3) is 0 Å². The van der Waals surface area contributed by atoms with Crippen LogP contribution in [0.4, 0.5) is 5.69 Å². The molecule has 1 aliphatic carbocycles. The molecule has 3 rings (SSSR count). The number of hydrogen-bond donors (Lipinski definition) is 1. The Labute approximate surface area is 206 Å². The zero-order valence-corrected chi connectivity index (χ0v) is 22.3. The number of nitrogens with one attached hydrogen (secondary N) is 1. The minimum Gasteiger partial charge on any atom is -0.369 e. The van der Waals surface area contributed by atoms with Crippen LogP contribution in [-0.4, -0.2) is 61.7 Å². The van der Waals surface area contributed by atoms with Gasteiger partial charge >= 0.3 is 0 Å². The summed E-state index contributed by atoms with van der Waals surface area (Å²) in [5.74, 6) is -0.747. The first-order valence-corrected chi connectivity index (χ1v) is 12.7. The van der Waals surface area contributed by atoms with Crippen LogP contribution in [0, 0.1) is 12.8 Å². The van der Waals surface area contributed by atoms with Crippen molar-refractivity contribution in [1.82, 2.24) is 10.2 Å². The molecule has 1 atom stereocenters. The SMILES string of the molecule is CCN(c1cc(Br)cc(C(=O)NCC2C(=O)N=C(C)C=C2C)c1C)C1CCC(N(C)C)CC1. The third-order valence-electron chi connectivity index (χ3n) is 7.11. The first kappa shape index (κ1) is 25.6. The number of halogens is 1. The van der Waals surface area contributed by atoms with Crippen molar-refractivity contribution in [2.24, 2.45) is 10.9 Å². The summed E-state index contributed by atoms with van der Waals surface area (Å²) in [5.41, 5.74) is 4.37. The molecule has 6 nitrogen and oxygen atoms in total. The van der Waals surface area contributed by atoms with Crippen molar-refractivity contribution in [1.29, 1.82) is 0 Å². The minimum atomic E-state index is -0.399. The van der Waals surface area contributed by atoms with E-state index in [-0.39, 0.29) is 18.4 Å². The van der Waals surface area contributed by atoms with Crippen molar-refractivity contribution in [2.75, 3.05) is 32.1 Å². The van der Waals surface area contributed by atoms with Gasteiger partial charge in [0.1, 0.15) is 0 Å². The van der Waals surface area contributed by atoms with Gasteiger partial charge in [-0.05, 0) is 91.2 Å². The van der Waals surface area contributed by atoms with Crippen LogP contribution in [0.2, 0.25) is 0 Å². The Bertz CT molecular complexity index is 961. The fraction of sp³-hybridized carbons (Fsp3) is 0.577. The third kappa shape index (κ3) is 5.93. The third-order valence-corrected chi connectivity index (χ3v) is 7.57. The smallest absolute Gasteiger partial charge is 0.254 e. The highest BCUT2D eigenvalue weighted by Gasteiger charge is 2.29. The summed E-state index contributed by atoms with van der Waals surface area (Å²) >= 11 is 3.62. The van der Waals surface area contributed by atoms with Gasteiger partial charge in [-0.3, -0.25) is 9.59 Å². The van der Waals surface area contributed by atoms with E-state index in [4.69, 9.17) is 0 Å². The normalized spacial score (nSPS) is 23.3. The van der Waals surface area contributed by atoms with Crippen molar-refractivity contribution in [3.05, 3.63) is 39.4 Å². The van der Waals surface area contributed by atoms with Crippen molar-refractivity contribution >= 4 is 39.1 Å². The zero-order valence-electron chi connectivity index (χ0n) is 20.7. The van der Waals surface area contributed by atoms with Crippen LogP contribution >= 0.6 is 15.9 Å². The van der Waals surface area contributed by atoms with E-state index < -0.39 is 5.92 Å². The first-order valence-electron chi connectivity index (χ1n) is 11.9. The Hall–Kier alpha value is -1.99. The number of carbonyl (C=O) groups excluding carboxylic acids is 2. The first-order chi connectivity index (χ1) is 15.6. The Morgan fingerprint density at radius 2 is 1.76 bits per heavy atom. The molecule has 1 N–H and O–H groups in total. The van der Waals surface area contributed by atoms with E-state index >= 15 is 0 Å². The number of rotatable bonds is 7. The van der Waals surface area contributed by atoms with Crippen LogP contribution in [0.3, 0.4) is 0 Å². The highest BCUT2D eigenvalue weighted by Crippen LogP contribution is 2.34. The van der Waals surface area contributed by atoms with Crippen molar-refractivity contribution < 1.29 is 9.59 Å². The molecule has 1 aromatic rings. The van der Waals surface area contributed by atoms with Gasteiger partial charge in [0.25, 0.3) is 11.8 Å². The lowest BCUT2D eigenvalue weighted by atomic mass is 9.89. The minimum absolute atomic E-state index is 0.158. The summed E-state index contributed by atoms with van der Waals surface area (Å²) in [6, 6.07) is 5.13. The second-order valence-corrected chi connectivity index (χ2v) is 10.5. The number of nitrogens with zero attached hydrogens (tertiary/aromatic N) is 3. The Balaban J connectivity index is 1.76. The van der Waals surface area contributed by atoms with Crippen LogP contribution in [0.1, 0.15) is 62.4 Å². The molecule has 1 aliphatic heterocycles. The fourth-order valence-corrected chi connectivity index (χ4v) is 5.60. The van der Waals surface area contributed by atoms with E-state index in [9.17, 15) is 9.59 Å². The molecule has 7 heteroatoms. The van der Waals surface area contributed by atoms with E-state index in [1.807, 2.05) is 32.9 Å². The molecule has 2 amide bonds. The topological polar surface area (TPSA) is 65.0 Å². The van der Waals surface area contributed by atoms with Gasteiger partial charge in [0.15, 0.2) is 0 Å². The maximum Gasteiger partial charge on any atom is 0.254 e. The van der Waals surface area contributed by atoms with Gasteiger partial charge < -0.3 is 15.1 Å². The molecule has 0 spiro atoms. The molecule has 2 aliphatic rings. The van der Waals surface area contributed by atoms with E-state index in [2.05, 4.69) is 63.1 Å². The zero-order chi connectivity index (χ0) is 24.3. The number of dihydropyridines is 1. The largest absolute Gasteiger partial charge is 0.369 e. The van der Waals surface area contributed by atoms with Crippen molar-refractivity contribution in [3.8, 4) is 0 Å². The van der Waals surface area contributed by atoms with Gasteiger partial charge in [0.2, 0.25) is 0 Å². The average molecular weight is 518 g/mol. The summed E-state index contributed by atoms with van der Waals surface area (Å²) in [4.78, 5) is 34.3. The summed E-state index contributed by atoms with van der Waals surface area (Å²) in [6.45, 7) is 9.09. The van der Waals surface area contributed by atoms with E-state index in [1.165, 1.54) is 12.8 Å². The molecular formula is C26H37BrN4O2. The number of allylic oxidation sites excluding steroid dienone is 1. The van der Waals surface area contributed by atoms with Crippen LogP contribution in [0.15, 0.2) is 33.2 Å². The molecule has 1 saturated carbocycles. The van der Waals surface area contributed by atoms with Gasteiger partial charge in [-0.15, -0.1) is 0 Å². The highest BCUT2D eigenvalue weighted by atomic mass is 79.9. The van der Waals surface area contributed by atoms with Gasteiger partial charge in [-0.1, -0.05) is 21.5 Å². The number of benzene rings is 1. The average Bonchev–Trinajstić information content (AvgIpc) is 2.75. The number of aliphatic imine (C=N–C) groups is 1. The molecule has 0 radical (unpaired) electrons. The standard InChI is InChI=1S/C26H37BrN4O2/c1-7-31(21-10-8-20(9-11-21)30(5)6)24-14-19(27)13-22(18(24)4)25(32)28-15-23-16(2)12-17(3)29-26(23)33/h12-14,20-21,23H,7-11,15H2,1-6H3,(H,28,32). The number of carbonyl (C=O) groups is 2. The molecule has 0 aromatic heterocycles. The van der Waals surface area contributed by atoms with Crippen LogP contribution in [0.5, 0.6) is 0 Å². The Kier molecular flexibility index (Phi) is 8.51. The lowest BCUT2D eigenvalue weighted by molar-refractivity contribution is -0.120. The van der Waals surface area contributed by atoms with E-state index in [0.29, 0.717) is 23.4 Å². The predicted molar refractivity (Wildman–Crippen MR) is 139 cm³/mol. The number of hydrogen-bond acceptors (Lipinski definition) is 4. The molecule has 180 valence electrons. The van der Waals surface area contributed by atoms with Crippen molar-refractivity contribution in [3.63, 3.8) is 0 Å². The monoisotopic (exact) mass is 516 g/mol. The summed E-state index contributed by atoms with van der Waals surface area (Å²) in [6.07, 6.45) is 6.60. The van der Waals surface area contributed by atoms with E-state index in [0.717, 1.165) is 40.7 Å². The predicted octanol–water partition coefficient (Wildman–Crippen LogP) is 4.75. The summed E-state index contributed by atoms with van der Waals surface area (Å²) < 4.78 is 0.888. The number of anilines is 1. The highest BCUT2D eigenvalue weighted by molar-refractivity contribution is 9.10. The molecule has 1 fully saturated rings. The summed E-state index contributed by atoms with van der Waals surface area (Å²) in [5, 5.41) is 2.98. The maximum atomic E-state index is 13.2. The number of amides is 2. The quantitative estimate of drug-likeness (QED) is 0.567. The molecule has 33 heavy (non-hydrogen) atoms. The molecule has 1 aromatic carbocycles. The van der Waals surface area contributed by atoms with Gasteiger partial charge in [-0.25, -0.2) is 4.99 Å². The second-order valence-electron chi connectivity index (χ2n) is 9.55. The summed E-state index contributed by atoms with van der Waals surface area (Å²) in [7, 11) is 4.33. The van der Waals surface area contributed by atoms with E-state index in [1.54, 1.807) is 0 Å². The van der Waals surface area contributed by atoms with Crippen LogP contribution in [-0.2, 0) is 4.79 Å². The fourth-order valence-electron chi connectivity index (χ4n) is 5.16. The second kappa shape index (κ2) is 11.0. The molecule has 1 heterocycles. The lowest BCUT2D eigenvalue weighted by Gasteiger charge is -2.40. The van der Waals surface area contributed by atoms with Crippen molar-refractivity contribution in [2.45, 2.75) is 65.5 Å². The molecule has 0 bridgehead atoms. The lowest BCUT2D eigenvalue weighted by Crippen LogP contribution is -2.42. The molecule has 1 unspecified atom stereocenters. The Morgan fingerprint density at radius 3 is 2.33 bits per heavy atom. The van der Waals surface area contributed by atoms with Gasteiger partial charge in [-0.2, -0.15) is 0 Å². The van der Waals surface area contributed by atoms with Gasteiger partial charge in [0, 0.05) is 46.6 Å².